The molecule has 1 unspecified atom stereocenters. The van der Waals surface area contributed by atoms with Crippen LogP contribution in [0.15, 0.2) is 20.3 Å². The van der Waals surface area contributed by atoms with Crippen LogP contribution < -0.4 is 15.4 Å². The average Bonchev–Trinajstić information content (AvgIpc) is 3.27. The van der Waals surface area contributed by atoms with Crippen molar-refractivity contribution >= 4 is 22.3 Å². The van der Waals surface area contributed by atoms with Gasteiger partial charge in [-0.05, 0) is 19.8 Å². The molecule has 0 amide bonds. The maximum absolute atomic E-state index is 12.9. The quantitative estimate of drug-likeness (QED) is 0.517. The second-order valence-corrected chi connectivity index (χ2v) is 7.79. The number of fused-ring (bicyclic) bond motifs is 1. The highest BCUT2D eigenvalue weighted by molar-refractivity contribution is 7.78. The Morgan fingerprint density at radius 3 is 2.34 bits per heavy atom. The van der Waals surface area contributed by atoms with Gasteiger partial charge in [-0.25, -0.2) is 4.79 Å². The fraction of sp³-hybridized carbons (Fsp3) is 0.556. The van der Waals surface area contributed by atoms with Gasteiger partial charge in [-0.3, -0.25) is 13.9 Å². The summed E-state index contributed by atoms with van der Waals surface area (Å²) in [5.41, 5.74) is 0.0272. The van der Waals surface area contributed by atoms with E-state index in [1.165, 1.54) is 15.3 Å². The van der Waals surface area contributed by atoms with Crippen molar-refractivity contribution in [3.05, 3.63) is 38.5 Å². The summed E-state index contributed by atoms with van der Waals surface area (Å²) in [6.07, 6.45) is 4.62. The maximum atomic E-state index is 12.9. The van der Waals surface area contributed by atoms with Gasteiger partial charge in [0.2, 0.25) is 5.75 Å². The summed E-state index contributed by atoms with van der Waals surface area (Å²) >= 11 is -2.06. The van der Waals surface area contributed by atoms with Gasteiger partial charge in [-0.2, -0.15) is 8.30 Å². The summed E-state index contributed by atoms with van der Waals surface area (Å²) in [6.45, 7) is 8.08. The average molecular weight is 423 g/mol. The minimum atomic E-state index is -2.06. The largest absolute Gasteiger partial charge is 0.378 e. The number of hydrogen-bond donors (Lipinski definition) is 0. The molecule has 0 aliphatic carbocycles. The fourth-order valence-corrected chi connectivity index (χ4v) is 3.77. The van der Waals surface area contributed by atoms with Crippen molar-refractivity contribution < 1.29 is 12.9 Å². The van der Waals surface area contributed by atoms with Crippen LogP contribution in [0.4, 0.5) is 0 Å². The molecule has 0 saturated heterocycles. The predicted molar refractivity (Wildman–Crippen MR) is 108 cm³/mol. The van der Waals surface area contributed by atoms with E-state index >= 15 is 0 Å². The lowest BCUT2D eigenvalue weighted by Crippen LogP contribution is -2.40. The lowest BCUT2D eigenvalue weighted by Gasteiger charge is -2.10. The van der Waals surface area contributed by atoms with Gasteiger partial charge in [0.05, 0.1) is 11.7 Å². The zero-order valence-electron chi connectivity index (χ0n) is 17.0. The number of nitrogens with zero attached hydrogens (tertiary/aromatic N) is 5. The lowest BCUT2D eigenvalue weighted by atomic mass is 10.3. The van der Waals surface area contributed by atoms with E-state index in [1.807, 2.05) is 13.8 Å². The highest BCUT2D eigenvalue weighted by atomic mass is 32.2. The van der Waals surface area contributed by atoms with Crippen molar-refractivity contribution in [2.24, 2.45) is 0 Å². The molecule has 0 N–H and O–H groups in total. The number of rotatable bonds is 9. The van der Waals surface area contributed by atoms with Gasteiger partial charge in [-0.15, -0.1) is 5.10 Å². The fourth-order valence-electron chi connectivity index (χ4n) is 2.98. The van der Waals surface area contributed by atoms with Gasteiger partial charge >= 0.3 is 17.0 Å². The molecule has 10 nitrogen and oxygen atoms in total. The molecule has 0 aliphatic heterocycles. The standard InChI is InChI=1S/C18H25N5O5S/c1-5-7-9-21-14-11-23(29(26)28-16-12(3)20-27-13(16)4)19-15(14)17(24)22(18(21)25)10-8-6-2/h11H,5-10H2,1-4H3. The zero-order valence-corrected chi connectivity index (χ0v) is 17.8. The minimum Gasteiger partial charge on any atom is -0.378 e. The van der Waals surface area contributed by atoms with Crippen molar-refractivity contribution in [3.63, 3.8) is 0 Å². The van der Waals surface area contributed by atoms with E-state index in [-0.39, 0.29) is 17.0 Å². The van der Waals surface area contributed by atoms with Gasteiger partial charge in [0.25, 0.3) is 5.56 Å². The summed E-state index contributed by atoms with van der Waals surface area (Å²) in [5.74, 6) is 0.640. The molecule has 0 aliphatic rings. The normalized spacial score (nSPS) is 12.6. The molecular formula is C18H25N5O5S. The summed E-state index contributed by atoms with van der Waals surface area (Å²) in [6, 6.07) is 0. The first-order valence-corrected chi connectivity index (χ1v) is 10.7. The van der Waals surface area contributed by atoms with Crippen molar-refractivity contribution in [3.8, 4) is 5.75 Å². The molecule has 0 bridgehead atoms. The van der Waals surface area contributed by atoms with Gasteiger partial charge in [0.1, 0.15) is 5.69 Å². The van der Waals surface area contributed by atoms with Crippen LogP contribution in [-0.2, 0) is 24.4 Å². The van der Waals surface area contributed by atoms with E-state index in [0.29, 0.717) is 36.5 Å². The molecule has 3 rings (SSSR count). The molecule has 0 fully saturated rings. The number of aryl methyl sites for hydroxylation is 3. The van der Waals surface area contributed by atoms with Gasteiger partial charge < -0.3 is 8.71 Å². The zero-order chi connectivity index (χ0) is 21.1. The van der Waals surface area contributed by atoms with E-state index in [2.05, 4.69) is 10.3 Å². The van der Waals surface area contributed by atoms with Gasteiger partial charge in [0, 0.05) is 20.0 Å². The molecule has 3 heterocycles. The van der Waals surface area contributed by atoms with Crippen LogP contribution in [0, 0.1) is 13.8 Å². The second kappa shape index (κ2) is 8.76. The third kappa shape index (κ3) is 4.04. The van der Waals surface area contributed by atoms with E-state index in [9.17, 15) is 13.8 Å². The number of unbranched alkanes of at least 4 members (excludes halogenated alkanes) is 2. The van der Waals surface area contributed by atoms with Crippen LogP contribution in [0.5, 0.6) is 5.75 Å². The Labute approximate surface area is 169 Å². The van der Waals surface area contributed by atoms with E-state index in [0.717, 1.165) is 23.3 Å². The predicted octanol–water partition coefficient (Wildman–Crippen LogP) is 2.07. The lowest BCUT2D eigenvalue weighted by molar-refractivity contribution is 0.389. The minimum absolute atomic E-state index is 0.0903. The monoisotopic (exact) mass is 423 g/mol. The number of hydrogen-bond acceptors (Lipinski definition) is 7. The molecule has 11 heteroatoms. The SMILES string of the molecule is CCCCn1c(=O)c2nn(S(=O)Oc3c(C)noc3C)cc2n(CCCC)c1=O. The Hall–Kier alpha value is -2.69. The van der Waals surface area contributed by atoms with Crippen molar-refractivity contribution in [2.75, 3.05) is 0 Å². The van der Waals surface area contributed by atoms with Crippen LogP contribution in [0.2, 0.25) is 0 Å². The van der Waals surface area contributed by atoms with E-state index < -0.39 is 16.8 Å². The van der Waals surface area contributed by atoms with Crippen LogP contribution in [0.3, 0.4) is 0 Å². The molecule has 158 valence electrons. The molecule has 1 atom stereocenters. The highest BCUT2D eigenvalue weighted by Gasteiger charge is 2.21. The molecule has 29 heavy (non-hydrogen) atoms. The van der Waals surface area contributed by atoms with E-state index in [1.54, 1.807) is 13.8 Å². The van der Waals surface area contributed by atoms with Crippen molar-refractivity contribution in [1.82, 2.24) is 23.5 Å². The summed E-state index contributed by atoms with van der Waals surface area (Å²) in [4.78, 5) is 25.8. The first-order chi connectivity index (χ1) is 13.9. The topological polar surface area (TPSA) is 114 Å². The Kier molecular flexibility index (Phi) is 6.36. The highest BCUT2D eigenvalue weighted by Crippen LogP contribution is 2.23. The Bertz CT molecular complexity index is 1140. The third-order valence-corrected chi connectivity index (χ3v) is 5.42. The molecule has 0 radical (unpaired) electrons. The van der Waals surface area contributed by atoms with Crippen molar-refractivity contribution in [1.29, 1.82) is 0 Å². The summed E-state index contributed by atoms with van der Waals surface area (Å²) in [7, 11) is 0. The Balaban J connectivity index is 2.09. The first kappa shape index (κ1) is 21.0. The van der Waals surface area contributed by atoms with Crippen LogP contribution >= 0.6 is 0 Å². The van der Waals surface area contributed by atoms with Gasteiger partial charge in [0.15, 0.2) is 11.3 Å². The van der Waals surface area contributed by atoms with Crippen LogP contribution in [0.1, 0.15) is 51.0 Å². The Morgan fingerprint density at radius 1 is 1.10 bits per heavy atom. The second-order valence-electron chi connectivity index (χ2n) is 6.82. The van der Waals surface area contributed by atoms with E-state index in [4.69, 9.17) is 8.71 Å². The molecule has 0 saturated carbocycles. The first-order valence-electron chi connectivity index (χ1n) is 9.65. The summed E-state index contributed by atoms with van der Waals surface area (Å²) in [5, 5.41) is 7.93. The van der Waals surface area contributed by atoms with Crippen LogP contribution in [-0.4, -0.2) is 27.7 Å². The number of aromatic nitrogens is 5. The molecule has 0 aromatic carbocycles. The maximum Gasteiger partial charge on any atom is 0.339 e. The third-order valence-electron chi connectivity index (χ3n) is 4.62. The van der Waals surface area contributed by atoms with Gasteiger partial charge in [-0.1, -0.05) is 31.8 Å². The Morgan fingerprint density at radius 2 is 1.76 bits per heavy atom. The smallest absolute Gasteiger partial charge is 0.339 e. The molecule has 3 aromatic heterocycles. The summed E-state index contributed by atoms with van der Waals surface area (Å²) < 4.78 is 26.9. The molecule has 3 aromatic rings. The molecular weight excluding hydrogens is 398 g/mol. The van der Waals surface area contributed by atoms with Crippen molar-refractivity contribution in [2.45, 2.75) is 66.5 Å². The van der Waals surface area contributed by atoms with Crippen LogP contribution in [0.25, 0.3) is 11.0 Å². The molecule has 0 spiro atoms.